The molecule has 0 fully saturated rings. The van der Waals surface area contributed by atoms with E-state index in [0.717, 1.165) is 0 Å². The highest BCUT2D eigenvalue weighted by Crippen LogP contribution is 2.14. The first kappa shape index (κ1) is 13.9. The largest absolute Gasteiger partial charge is 0.467 e. The number of nitrogens with one attached hydrogen (secondary N) is 1. The number of nitrogens with zero attached hydrogens (tertiary/aromatic N) is 2. The summed E-state index contributed by atoms with van der Waals surface area (Å²) in [6.45, 7) is 0.170. The van der Waals surface area contributed by atoms with Crippen molar-refractivity contribution in [2.75, 3.05) is 0 Å². The molecule has 112 valence electrons. The van der Waals surface area contributed by atoms with Gasteiger partial charge in [0.15, 0.2) is 5.76 Å². The molecule has 3 aromatic heterocycles. The molecule has 0 aliphatic carbocycles. The highest BCUT2D eigenvalue weighted by atomic mass is 16.3. The number of furan rings is 2. The lowest BCUT2D eigenvalue weighted by Gasteiger charge is -2.06. The van der Waals surface area contributed by atoms with Gasteiger partial charge in [0.25, 0.3) is 5.56 Å². The second-order valence-corrected chi connectivity index (χ2v) is 4.57. The van der Waals surface area contributed by atoms with Crippen molar-refractivity contribution in [3.8, 4) is 11.5 Å². The van der Waals surface area contributed by atoms with E-state index in [1.165, 1.54) is 29.5 Å². The maximum atomic E-state index is 12.0. The van der Waals surface area contributed by atoms with Crippen LogP contribution in [0.1, 0.15) is 5.76 Å². The Labute approximate surface area is 125 Å². The minimum absolute atomic E-state index is 0.106. The summed E-state index contributed by atoms with van der Waals surface area (Å²) in [6.07, 6.45) is 4.36. The van der Waals surface area contributed by atoms with Crippen molar-refractivity contribution >= 4 is 5.91 Å². The summed E-state index contributed by atoms with van der Waals surface area (Å²) in [4.78, 5) is 27.9. The fraction of sp³-hybridized carbons (Fsp3) is 0.133. The van der Waals surface area contributed by atoms with Gasteiger partial charge in [-0.05, 0) is 24.3 Å². The molecule has 1 amide bonds. The molecule has 0 radical (unpaired) electrons. The number of carbonyl (C=O) groups excluding carboxylic acids is 1. The lowest BCUT2D eigenvalue weighted by atomic mass is 10.3. The number of hydrogen-bond donors (Lipinski definition) is 1. The predicted octanol–water partition coefficient (Wildman–Crippen LogP) is 1.41. The number of amides is 1. The Morgan fingerprint density at radius 2 is 2.05 bits per heavy atom. The normalized spacial score (nSPS) is 10.5. The molecule has 3 aromatic rings. The molecule has 7 heteroatoms. The molecule has 0 atom stereocenters. The fourth-order valence-corrected chi connectivity index (χ4v) is 1.91. The van der Waals surface area contributed by atoms with E-state index >= 15 is 0 Å². The minimum atomic E-state index is -0.324. The van der Waals surface area contributed by atoms with Crippen LogP contribution in [0.25, 0.3) is 11.5 Å². The van der Waals surface area contributed by atoms with Gasteiger partial charge in [-0.3, -0.25) is 14.2 Å². The molecule has 0 spiro atoms. The SMILES string of the molecule is O=C(Cn1cnc(-c2ccco2)cc1=O)NCc1ccco1. The lowest BCUT2D eigenvalue weighted by molar-refractivity contribution is -0.122. The first-order chi connectivity index (χ1) is 10.7. The summed E-state index contributed by atoms with van der Waals surface area (Å²) in [5.41, 5.74) is 0.108. The second-order valence-electron chi connectivity index (χ2n) is 4.57. The van der Waals surface area contributed by atoms with E-state index < -0.39 is 0 Å². The summed E-state index contributed by atoms with van der Waals surface area (Å²) in [6, 6.07) is 8.25. The van der Waals surface area contributed by atoms with Crippen LogP contribution >= 0.6 is 0 Å². The predicted molar refractivity (Wildman–Crippen MR) is 76.8 cm³/mol. The molecule has 0 aromatic carbocycles. The van der Waals surface area contributed by atoms with E-state index in [2.05, 4.69) is 10.3 Å². The number of carbonyl (C=O) groups is 1. The van der Waals surface area contributed by atoms with E-state index in [0.29, 0.717) is 17.2 Å². The monoisotopic (exact) mass is 299 g/mol. The molecule has 7 nitrogen and oxygen atoms in total. The zero-order valence-electron chi connectivity index (χ0n) is 11.6. The second kappa shape index (κ2) is 6.13. The molecular weight excluding hydrogens is 286 g/mol. The van der Waals surface area contributed by atoms with Gasteiger partial charge in [0, 0.05) is 6.07 Å². The van der Waals surface area contributed by atoms with Crippen LogP contribution in [0.4, 0.5) is 0 Å². The Morgan fingerprint density at radius 1 is 1.23 bits per heavy atom. The molecule has 0 aliphatic rings. The van der Waals surface area contributed by atoms with Crippen molar-refractivity contribution in [1.82, 2.24) is 14.9 Å². The average Bonchev–Trinajstić information content (AvgIpc) is 3.20. The van der Waals surface area contributed by atoms with Crippen LogP contribution in [-0.4, -0.2) is 15.5 Å². The highest BCUT2D eigenvalue weighted by Gasteiger charge is 2.08. The van der Waals surface area contributed by atoms with Crippen molar-refractivity contribution < 1.29 is 13.6 Å². The molecule has 3 rings (SSSR count). The van der Waals surface area contributed by atoms with E-state index in [1.807, 2.05) is 0 Å². The summed E-state index contributed by atoms with van der Waals surface area (Å²) < 4.78 is 11.5. The summed E-state index contributed by atoms with van der Waals surface area (Å²) in [5.74, 6) is 0.851. The van der Waals surface area contributed by atoms with Crippen molar-refractivity contribution in [3.05, 3.63) is 65.3 Å². The van der Waals surface area contributed by atoms with Gasteiger partial charge < -0.3 is 14.2 Å². The summed E-state index contributed by atoms with van der Waals surface area (Å²) >= 11 is 0. The van der Waals surface area contributed by atoms with Crippen LogP contribution in [-0.2, 0) is 17.9 Å². The van der Waals surface area contributed by atoms with Crippen molar-refractivity contribution in [2.45, 2.75) is 13.1 Å². The molecule has 0 aliphatic heterocycles. The number of aromatic nitrogens is 2. The minimum Gasteiger partial charge on any atom is -0.467 e. The topological polar surface area (TPSA) is 90.3 Å². The fourth-order valence-electron chi connectivity index (χ4n) is 1.91. The van der Waals surface area contributed by atoms with Gasteiger partial charge in [0.2, 0.25) is 5.91 Å². The highest BCUT2D eigenvalue weighted by molar-refractivity contribution is 5.75. The lowest BCUT2D eigenvalue weighted by Crippen LogP contribution is -2.31. The third-order valence-corrected chi connectivity index (χ3v) is 3.01. The average molecular weight is 299 g/mol. The quantitative estimate of drug-likeness (QED) is 0.769. The van der Waals surface area contributed by atoms with Gasteiger partial charge in [-0.25, -0.2) is 4.98 Å². The standard InChI is InChI=1S/C15H13N3O4/c19-14(16-8-11-3-1-5-21-11)9-18-10-17-12(7-15(18)20)13-4-2-6-22-13/h1-7,10H,8-9H2,(H,16,19). The zero-order valence-corrected chi connectivity index (χ0v) is 11.6. The van der Waals surface area contributed by atoms with Gasteiger partial charge in [-0.2, -0.15) is 0 Å². The van der Waals surface area contributed by atoms with Crippen LogP contribution in [0.2, 0.25) is 0 Å². The van der Waals surface area contributed by atoms with Crippen LogP contribution in [0, 0.1) is 0 Å². The summed E-state index contributed by atoms with van der Waals surface area (Å²) in [7, 11) is 0. The summed E-state index contributed by atoms with van der Waals surface area (Å²) in [5, 5.41) is 2.66. The van der Waals surface area contributed by atoms with Gasteiger partial charge in [0.05, 0.1) is 25.4 Å². The van der Waals surface area contributed by atoms with Crippen LogP contribution in [0.3, 0.4) is 0 Å². The first-order valence-corrected chi connectivity index (χ1v) is 6.62. The van der Waals surface area contributed by atoms with Crippen LogP contribution in [0.15, 0.2) is 62.8 Å². The van der Waals surface area contributed by atoms with E-state index in [9.17, 15) is 9.59 Å². The molecule has 1 N–H and O–H groups in total. The molecule has 0 saturated carbocycles. The van der Waals surface area contributed by atoms with Gasteiger partial charge >= 0.3 is 0 Å². The Bertz CT molecular complexity index is 804. The van der Waals surface area contributed by atoms with Crippen LogP contribution in [0.5, 0.6) is 0 Å². The smallest absolute Gasteiger partial charge is 0.254 e. The van der Waals surface area contributed by atoms with Crippen molar-refractivity contribution in [3.63, 3.8) is 0 Å². The van der Waals surface area contributed by atoms with Crippen LogP contribution < -0.4 is 10.9 Å². The van der Waals surface area contributed by atoms with Gasteiger partial charge in [-0.1, -0.05) is 0 Å². The third-order valence-electron chi connectivity index (χ3n) is 3.01. The molecule has 0 bridgehead atoms. The maximum absolute atomic E-state index is 12.0. The third kappa shape index (κ3) is 3.14. The van der Waals surface area contributed by atoms with E-state index in [1.54, 1.807) is 24.3 Å². The Morgan fingerprint density at radius 3 is 2.73 bits per heavy atom. The molecule has 0 unspecified atom stereocenters. The Balaban J connectivity index is 1.65. The van der Waals surface area contributed by atoms with E-state index in [-0.39, 0.29) is 24.6 Å². The first-order valence-electron chi connectivity index (χ1n) is 6.62. The molecule has 0 saturated heterocycles. The number of rotatable bonds is 5. The Hall–Kier alpha value is -3.09. The maximum Gasteiger partial charge on any atom is 0.254 e. The van der Waals surface area contributed by atoms with Gasteiger partial charge in [0.1, 0.15) is 18.0 Å². The van der Waals surface area contributed by atoms with Crippen molar-refractivity contribution in [2.24, 2.45) is 0 Å². The van der Waals surface area contributed by atoms with Gasteiger partial charge in [-0.15, -0.1) is 0 Å². The Kier molecular flexibility index (Phi) is 3.86. The molecular formula is C15H13N3O4. The molecule has 3 heterocycles. The van der Waals surface area contributed by atoms with E-state index in [4.69, 9.17) is 8.83 Å². The zero-order chi connectivity index (χ0) is 15.4. The van der Waals surface area contributed by atoms with Crippen molar-refractivity contribution in [1.29, 1.82) is 0 Å². The molecule has 22 heavy (non-hydrogen) atoms. The number of hydrogen-bond acceptors (Lipinski definition) is 5.